The molecule has 0 spiro atoms. The van der Waals surface area contributed by atoms with E-state index < -0.39 is 0 Å². The van der Waals surface area contributed by atoms with Crippen LogP contribution in [-0.2, 0) is 0 Å². The molecule has 0 aliphatic rings. The van der Waals surface area contributed by atoms with Crippen LogP contribution in [0.1, 0.15) is 25.7 Å². The lowest BCUT2D eigenvalue weighted by molar-refractivity contribution is 0.630. The zero-order valence-electron chi connectivity index (χ0n) is 7.03. The molecule has 0 aliphatic heterocycles. The zero-order valence-corrected chi connectivity index (χ0v) is 7.03. The second-order valence-corrected chi connectivity index (χ2v) is 2.34. The highest BCUT2D eigenvalue weighted by Crippen LogP contribution is 1.99. The van der Waals surface area contributed by atoms with Gasteiger partial charge in [-0.15, -0.1) is 0 Å². The molecule has 0 aromatic heterocycles. The fourth-order valence-electron chi connectivity index (χ4n) is 0.819. The van der Waals surface area contributed by atoms with Crippen molar-refractivity contribution in [3.05, 3.63) is 0 Å². The fraction of sp³-hybridized carbons (Fsp3) is 1.00. The Labute approximate surface area is 70.8 Å². The lowest BCUT2D eigenvalue weighted by Gasteiger charge is -1.90. The average molecular weight is 170 g/mol. The highest BCUT2D eigenvalue weighted by atomic mass is 15.1. The fourth-order valence-corrected chi connectivity index (χ4v) is 0.819. The number of hydrogen-bond donors (Lipinski definition) is 2. The van der Waals surface area contributed by atoms with Crippen LogP contribution in [0.4, 0.5) is 0 Å². The highest BCUT2D eigenvalue weighted by Gasteiger charge is 1.92. The van der Waals surface area contributed by atoms with E-state index in [0.29, 0.717) is 13.1 Å². The van der Waals surface area contributed by atoms with E-state index in [1.54, 1.807) is 0 Å². The number of nitrogens with zero attached hydrogens (tertiary/aromatic N) is 4. The lowest BCUT2D eigenvalue weighted by Crippen LogP contribution is -1.85. The summed E-state index contributed by atoms with van der Waals surface area (Å²) in [6.07, 6.45) is 4.10. The van der Waals surface area contributed by atoms with Gasteiger partial charge in [-0.05, 0) is 12.8 Å². The van der Waals surface area contributed by atoms with Crippen LogP contribution in [0, 0.1) is 11.1 Å². The van der Waals surface area contributed by atoms with Gasteiger partial charge in [0.15, 0.2) is 0 Å². The van der Waals surface area contributed by atoms with Gasteiger partial charge < -0.3 is 0 Å². The molecule has 0 unspecified atom stereocenters. The largest absolute Gasteiger partial charge is 0.214 e. The van der Waals surface area contributed by atoms with Crippen LogP contribution in [0.15, 0.2) is 10.2 Å². The van der Waals surface area contributed by atoms with Crippen molar-refractivity contribution in [1.82, 2.24) is 9.82 Å². The van der Waals surface area contributed by atoms with Crippen molar-refractivity contribution in [3.8, 4) is 0 Å². The Morgan fingerprint density at radius 1 is 0.750 bits per heavy atom. The SMILES string of the molecule is N=[N+]=NCCCCCCN=[N+]=N. The van der Waals surface area contributed by atoms with Crippen LogP contribution in [0.2, 0.25) is 0 Å². The van der Waals surface area contributed by atoms with Crippen molar-refractivity contribution < 1.29 is 0 Å². The van der Waals surface area contributed by atoms with Crippen LogP contribution in [-0.4, -0.2) is 13.1 Å². The van der Waals surface area contributed by atoms with Gasteiger partial charge in [0.25, 0.3) is 0 Å². The maximum atomic E-state index is 6.38. The first-order valence-electron chi connectivity index (χ1n) is 3.98. The topological polar surface area (TPSA) is 101 Å². The van der Waals surface area contributed by atoms with Crippen LogP contribution in [0.25, 0.3) is 0 Å². The van der Waals surface area contributed by atoms with E-state index in [0.717, 1.165) is 25.7 Å². The predicted molar refractivity (Wildman–Crippen MR) is 42.8 cm³/mol. The maximum absolute atomic E-state index is 6.38. The van der Waals surface area contributed by atoms with Gasteiger partial charge in [0.2, 0.25) is 9.82 Å². The standard InChI is InChI=1S/C6H14N6/c7-11-9-5-3-1-2-4-6-10-12-8/h7-8H,1-6H2/q+2. The second-order valence-electron chi connectivity index (χ2n) is 2.34. The molecule has 0 saturated heterocycles. The number of unbranched alkanes of at least 4 members (excludes halogenated alkanes) is 3. The summed E-state index contributed by atoms with van der Waals surface area (Å²) in [5.41, 5.74) is 12.8. The first-order valence-corrected chi connectivity index (χ1v) is 3.98. The first-order chi connectivity index (χ1) is 5.91. The van der Waals surface area contributed by atoms with E-state index in [1.807, 2.05) is 0 Å². The van der Waals surface area contributed by atoms with Crippen molar-refractivity contribution in [2.45, 2.75) is 25.7 Å². The van der Waals surface area contributed by atoms with Crippen molar-refractivity contribution in [2.75, 3.05) is 13.1 Å². The summed E-state index contributed by atoms with van der Waals surface area (Å²) >= 11 is 0. The monoisotopic (exact) mass is 170 g/mol. The second kappa shape index (κ2) is 9.62. The summed E-state index contributed by atoms with van der Waals surface area (Å²) in [6, 6.07) is 0. The minimum absolute atomic E-state index is 0.642. The molecule has 0 atom stereocenters. The molecule has 0 aliphatic carbocycles. The van der Waals surface area contributed by atoms with Crippen molar-refractivity contribution in [2.24, 2.45) is 10.2 Å². The van der Waals surface area contributed by atoms with E-state index in [-0.39, 0.29) is 0 Å². The molecule has 66 valence electrons. The third-order valence-electron chi connectivity index (χ3n) is 1.41. The summed E-state index contributed by atoms with van der Waals surface area (Å²) in [5.74, 6) is 0. The zero-order chi connectivity index (χ0) is 9.07. The predicted octanol–water partition coefficient (Wildman–Crippen LogP) is 1.65. The minimum atomic E-state index is 0.642. The lowest BCUT2D eigenvalue weighted by atomic mass is 10.2. The molecular formula is C6H14N6+2. The Morgan fingerprint density at radius 3 is 1.50 bits per heavy atom. The molecule has 6 nitrogen and oxygen atoms in total. The van der Waals surface area contributed by atoms with E-state index >= 15 is 0 Å². The van der Waals surface area contributed by atoms with Gasteiger partial charge in [-0.2, -0.15) is 0 Å². The highest BCUT2D eigenvalue weighted by molar-refractivity contribution is 4.45. The van der Waals surface area contributed by atoms with Crippen LogP contribution in [0.5, 0.6) is 0 Å². The molecule has 0 bridgehead atoms. The van der Waals surface area contributed by atoms with Crippen LogP contribution >= 0.6 is 0 Å². The third-order valence-corrected chi connectivity index (χ3v) is 1.41. The van der Waals surface area contributed by atoms with Gasteiger partial charge in [0.1, 0.15) is 34.4 Å². The number of hydrogen-bond acceptors (Lipinski definition) is 4. The van der Waals surface area contributed by atoms with Crippen molar-refractivity contribution >= 4 is 0 Å². The Kier molecular flexibility index (Phi) is 8.51. The molecule has 0 rings (SSSR count). The summed E-state index contributed by atoms with van der Waals surface area (Å²) in [6.45, 7) is 1.28. The maximum Gasteiger partial charge on any atom is 0.214 e. The van der Waals surface area contributed by atoms with E-state index in [9.17, 15) is 0 Å². The van der Waals surface area contributed by atoms with E-state index in [4.69, 9.17) is 11.1 Å². The summed E-state index contributed by atoms with van der Waals surface area (Å²) in [5, 5.41) is 7.05. The van der Waals surface area contributed by atoms with Gasteiger partial charge in [0.05, 0.1) is 0 Å². The Hall–Kier alpha value is -1.38. The molecular weight excluding hydrogens is 156 g/mol. The van der Waals surface area contributed by atoms with Crippen molar-refractivity contribution in [1.29, 1.82) is 11.1 Å². The summed E-state index contributed by atoms with van der Waals surface area (Å²) < 4.78 is 0. The Bertz CT molecular complexity index is 166. The van der Waals surface area contributed by atoms with Gasteiger partial charge in [-0.25, -0.2) is 0 Å². The summed E-state index contributed by atoms with van der Waals surface area (Å²) in [7, 11) is 0. The molecule has 0 aromatic rings. The number of nitrogens with one attached hydrogen (secondary N) is 2. The Balaban J connectivity index is 3.00. The molecule has 6 heteroatoms. The smallest absolute Gasteiger partial charge is 0.0512 e. The summed E-state index contributed by atoms with van der Waals surface area (Å²) in [4.78, 5) is 5.80. The molecule has 0 amide bonds. The number of rotatable bonds is 7. The van der Waals surface area contributed by atoms with Crippen LogP contribution < -0.4 is 9.82 Å². The minimum Gasteiger partial charge on any atom is -0.0512 e. The third kappa shape index (κ3) is 8.62. The van der Waals surface area contributed by atoms with E-state index in [2.05, 4.69) is 20.1 Å². The molecule has 0 heterocycles. The van der Waals surface area contributed by atoms with Gasteiger partial charge in [-0.3, -0.25) is 0 Å². The van der Waals surface area contributed by atoms with E-state index in [1.165, 1.54) is 0 Å². The normalized spacial score (nSPS) is 8.33. The first kappa shape index (κ1) is 10.6. The van der Waals surface area contributed by atoms with Gasteiger partial charge in [-0.1, -0.05) is 12.8 Å². The molecule has 0 aromatic carbocycles. The molecule has 2 N–H and O–H groups in total. The van der Waals surface area contributed by atoms with Crippen LogP contribution in [0.3, 0.4) is 0 Å². The Morgan fingerprint density at radius 2 is 1.17 bits per heavy atom. The molecule has 0 saturated carbocycles. The average Bonchev–Trinajstić information content (AvgIpc) is 2.10. The van der Waals surface area contributed by atoms with Crippen molar-refractivity contribution in [3.63, 3.8) is 0 Å². The molecule has 0 radical (unpaired) electrons. The van der Waals surface area contributed by atoms with Gasteiger partial charge in [0, 0.05) is 0 Å². The molecule has 12 heavy (non-hydrogen) atoms. The van der Waals surface area contributed by atoms with Gasteiger partial charge >= 0.3 is 0 Å². The molecule has 0 fully saturated rings. The quantitative estimate of drug-likeness (QED) is 0.329.